The van der Waals surface area contributed by atoms with E-state index in [-0.39, 0.29) is 0 Å². The molecule has 1 aromatic rings. The van der Waals surface area contributed by atoms with Crippen molar-refractivity contribution < 1.29 is 17.9 Å². The van der Waals surface area contributed by atoms with Crippen LogP contribution in [-0.2, 0) is 4.74 Å². The summed E-state index contributed by atoms with van der Waals surface area (Å²) in [5.41, 5.74) is 0.514. The summed E-state index contributed by atoms with van der Waals surface area (Å²) in [6.07, 6.45) is -5.53. The van der Waals surface area contributed by atoms with Crippen LogP contribution >= 0.6 is 0 Å². The maximum Gasteiger partial charge on any atom is 0.523 e. The van der Waals surface area contributed by atoms with Gasteiger partial charge in [0.1, 0.15) is 0 Å². The van der Waals surface area contributed by atoms with Crippen molar-refractivity contribution in [3.05, 3.63) is 35.9 Å². The van der Waals surface area contributed by atoms with E-state index in [0.29, 0.717) is 5.56 Å². The van der Waals surface area contributed by atoms with Crippen molar-refractivity contribution in [1.82, 2.24) is 0 Å². The normalized spacial score (nSPS) is 14.2. The van der Waals surface area contributed by atoms with E-state index < -0.39 is 12.5 Å². The first-order valence-corrected chi connectivity index (χ1v) is 3.78. The fourth-order valence-electron chi connectivity index (χ4n) is 0.993. The molecule has 1 nitrogen and oxygen atoms in total. The maximum atomic E-state index is 11.8. The van der Waals surface area contributed by atoms with Gasteiger partial charge in [0.25, 0.3) is 0 Å². The lowest BCUT2D eigenvalue weighted by Gasteiger charge is -2.14. The van der Waals surface area contributed by atoms with Gasteiger partial charge in [-0.15, -0.1) is 13.2 Å². The first-order chi connectivity index (χ1) is 5.99. The maximum absolute atomic E-state index is 11.8. The molecule has 0 amide bonds. The van der Waals surface area contributed by atoms with Crippen LogP contribution in [0.15, 0.2) is 30.3 Å². The zero-order valence-corrected chi connectivity index (χ0v) is 7.01. The average Bonchev–Trinajstić information content (AvgIpc) is 2.03. The Kier molecular flexibility index (Phi) is 2.93. The minimum atomic E-state index is -4.57. The lowest BCUT2D eigenvalue weighted by atomic mass is 10.1. The fraction of sp³-hybridized carbons (Fsp3) is 0.333. The van der Waals surface area contributed by atoms with Crippen LogP contribution in [0.2, 0.25) is 0 Å². The minimum absolute atomic E-state index is 0.514. The molecular formula is C9H9F3O. The van der Waals surface area contributed by atoms with Crippen LogP contribution in [0.4, 0.5) is 13.2 Å². The highest BCUT2D eigenvalue weighted by Gasteiger charge is 2.32. The Morgan fingerprint density at radius 2 is 1.69 bits per heavy atom. The fourth-order valence-corrected chi connectivity index (χ4v) is 0.993. The Balaban J connectivity index is 2.64. The second-order valence-electron chi connectivity index (χ2n) is 2.62. The standard InChI is InChI=1S/C9H9F3O/c1-7(13-9(10,11)12)8-5-3-2-4-6-8/h2-7H,1H3. The molecule has 0 N–H and O–H groups in total. The molecule has 0 fully saturated rings. The van der Waals surface area contributed by atoms with Crippen LogP contribution in [0.25, 0.3) is 0 Å². The van der Waals surface area contributed by atoms with Crippen molar-refractivity contribution in [2.45, 2.75) is 19.4 Å². The predicted molar refractivity (Wildman–Crippen MR) is 42.0 cm³/mol. The van der Waals surface area contributed by atoms with Crippen LogP contribution in [0.1, 0.15) is 18.6 Å². The monoisotopic (exact) mass is 190 g/mol. The van der Waals surface area contributed by atoms with E-state index in [1.54, 1.807) is 30.3 Å². The van der Waals surface area contributed by atoms with Crippen LogP contribution in [0, 0.1) is 0 Å². The molecule has 0 spiro atoms. The third kappa shape index (κ3) is 3.46. The molecule has 0 bridgehead atoms. The van der Waals surface area contributed by atoms with Gasteiger partial charge < -0.3 is 0 Å². The zero-order valence-electron chi connectivity index (χ0n) is 7.01. The third-order valence-electron chi connectivity index (χ3n) is 1.58. The summed E-state index contributed by atoms with van der Waals surface area (Å²) in [4.78, 5) is 0. The highest BCUT2D eigenvalue weighted by molar-refractivity contribution is 5.16. The summed E-state index contributed by atoms with van der Waals surface area (Å²) in [5.74, 6) is 0. The Bertz CT molecular complexity index is 255. The molecule has 0 heterocycles. The van der Waals surface area contributed by atoms with Gasteiger partial charge in [-0.1, -0.05) is 30.3 Å². The molecule has 1 unspecified atom stereocenters. The first-order valence-electron chi connectivity index (χ1n) is 3.78. The van der Waals surface area contributed by atoms with Crippen molar-refractivity contribution in [2.75, 3.05) is 0 Å². The Labute approximate surface area is 74.1 Å². The average molecular weight is 190 g/mol. The van der Waals surface area contributed by atoms with E-state index in [4.69, 9.17) is 0 Å². The molecule has 0 aromatic heterocycles. The minimum Gasteiger partial charge on any atom is -0.284 e. The topological polar surface area (TPSA) is 9.23 Å². The molecule has 1 atom stereocenters. The van der Waals surface area contributed by atoms with E-state index in [1.807, 2.05) is 0 Å². The molecule has 1 rings (SSSR count). The van der Waals surface area contributed by atoms with E-state index in [9.17, 15) is 13.2 Å². The first kappa shape index (κ1) is 10.1. The van der Waals surface area contributed by atoms with E-state index in [0.717, 1.165) is 0 Å². The number of ether oxygens (including phenoxy) is 1. The molecule has 72 valence electrons. The molecule has 13 heavy (non-hydrogen) atoms. The largest absolute Gasteiger partial charge is 0.523 e. The molecule has 0 aliphatic heterocycles. The van der Waals surface area contributed by atoms with Gasteiger partial charge >= 0.3 is 6.36 Å². The Morgan fingerprint density at radius 1 is 1.15 bits per heavy atom. The van der Waals surface area contributed by atoms with Crippen molar-refractivity contribution in [3.8, 4) is 0 Å². The summed E-state index contributed by atoms with van der Waals surface area (Å²) in [7, 11) is 0. The summed E-state index contributed by atoms with van der Waals surface area (Å²) >= 11 is 0. The van der Waals surface area contributed by atoms with Crippen LogP contribution in [0.3, 0.4) is 0 Å². The Hall–Kier alpha value is -1.03. The number of alkyl halides is 3. The second-order valence-corrected chi connectivity index (χ2v) is 2.62. The SMILES string of the molecule is CC(OC(F)(F)F)c1ccccc1. The molecule has 1 aromatic carbocycles. The summed E-state index contributed by atoms with van der Waals surface area (Å²) in [6.45, 7) is 1.36. The number of hydrogen-bond acceptors (Lipinski definition) is 1. The van der Waals surface area contributed by atoms with Gasteiger partial charge in [0, 0.05) is 0 Å². The van der Waals surface area contributed by atoms with Gasteiger partial charge in [0.15, 0.2) is 0 Å². The van der Waals surface area contributed by atoms with Gasteiger partial charge in [0.05, 0.1) is 6.10 Å². The van der Waals surface area contributed by atoms with E-state index in [2.05, 4.69) is 4.74 Å². The predicted octanol–water partition coefficient (Wildman–Crippen LogP) is 3.28. The summed E-state index contributed by atoms with van der Waals surface area (Å²) < 4.78 is 39.1. The molecule has 0 radical (unpaired) electrons. The number of hydrogen-bond donors (Lipinski definition) is 0. The van der Waals surface area contributed by atoms with E-state index in [1.165, 1.54) is 6.92 Å². The van der Waals surface area contributed by atoms with Crippen LogP contribution < -0.4 is 0 Å². The zero-order chi connectivity index (χ0) is 9.90. The quantitative estimate of drug-likeness (QED) is 0.695. The van der Waals surface area contributed by atoms with Gasteiger partial charge in [-0.3, -0.25) is 4.74 Å². The van der Waals surface area contributed by atoms with Gasteiger partial charge in [-0.2, -0.15) is 0 Å². The van der Waals surface area contributed by atoms with Crippen LogP contribution in [0.5, 0.6) is 0 Å². The highest BCUT2D eigenvalue weighted by atomic mass is 19.4. The lowest BCUT2D eigenvalue weighted by molar-refractivity contribution is -0.342. The van der Waals surface area contributed by atoms with Crippen molar-refractivity contribution >= 4 is 0 Å². The molecule has 0 saturated heterocycles. The summed E-state index contributed by atoms with van der Waals surface area (Å²) in [5, 5.41) is 0. The van der Waals surface area contributed by atoms with Crippen molar-refractivity contribution in [2.24, 2.45) is 0 Å². The van der Waals surface area contributed by atoms with Gasteiger partial charge in [-0.05, 0) is 12.5 Å². The molecule has 0 saturated carbocycles. The second kappa shape index (κ2) is 3.79. The molecule has 0 aliphatic rings. The number of benzene rings is 1. The smallest absolute Gasteiger partial charge is 0.284 e. The lowest BCUT2D eigenvalue weighted by Crippen LogP contribution is -2.16. The molecule has 4 heteroatoms. The summed E-state index contributed by atoms with van der Waals surface area (Å²) in [6, 6.07) is 8.27. The number of rotatable bonds is 2. The van der Waals surface area contributed by atoms with Crippen molar-refractivity contribution in [1.29, 1.82) is 0 Å². The van der Waals surface area contributed by atoms with Gasteiger partial charge in [-0.25, -0.2) is 0 Å². The number of halogens is 3. The molecule has 0 aliphatic carbocycles. The third-order valence-corrected chi connectivity index (χ3v) is 1.58. The van der Waals surface area contributed by atoms with E-state index >= 15 is 0 Å². The Morgan fingerprint density at radius 3 is 2.15 bits per heavy atom. The molecular weight excluding hydrogens is 181 g/mol. The highest BCUT2D eigenvalue weighted by Crippen LogP contribution is 2.26. The van der Waals surface area contributed by atoms with Crippen LogP contribution in [-0.4, -0.2) is 6.36 Å². The van der Waals surface area contributed by atoms with Crippen molar-refractivity contribution in [3.63, 3.8) is 0 Å². The van der Waals surface area contributed by atoms with Gasteiger partial charge in [0.2, 0.25) is 0 Å².